The van der Waals surface area contributed by atoms with Crippen LogP contribution in [0.5, 0.6) is 5.75 Å². The van der Waals surface area contributed by atoms with Gasteiger partial charge in [-0.3, -0.25) is 15.2 Å². The van der Waals surface area contributed by atoms with Gasteiger partial charge in [-0.1, -0.05) is 23.5 Å². The summed E-state index contributed by atoms with van der Waals surface area (Å²) in [7, 11) is 1.57. The minimum absolute atomic E-state index is 0.215. The van der Waals surface area contributed by atoms with Crippen molar-refractivity contribution in [2.45, 2.75) is 6.18 Å². The van der Waals surface area contributed by atoms with Gasteiger partial charge in [-0.25, -0.2) is 9.78 Å². The minimum Gasteiger partial charge on any atom is -0.497 e. The van der Waals surface area contributed by atoms with E-state index in [1.807, 2.05) is 24.4 Å². The number of carbonyl (C=O) groups is 2. The number of nitrogens with one attached hydrogen (secondary N) is 2. The van der Waals surface area contributed by atoms with E-state index in [1.165, 1.54) is 11.3 Å². The Morgan fingerprint density at radius 2 is 1.91 bits per heavy atom. The second-order valence-electron chi connectivity index (χ2n) is 6.18. The highest BCUT2D eigenvalue weighted by Crippen LogP contribution is 2.30. The molecule has 4 aromatic rings. The molecule has 2 aromatic carbocycles. The van der Waals surface area contributed by atoms with Gasteiger partial charge in [0.1, 0.15) is 5.75 Å². The van der Waals surface area contributed by atoms with Gasteiger partial charge in [0.2, 0.25) is 0 Å². The Morgan fingerprint density at radius 3 is 2.53 bits per heavy atom. The first kappa shape index (κ1) is 22.7. The number of thiazole rings is 1. The van der Waals surface area contributed by atoms with E-state index in [9.17, 15) is 18.0 Å². The first-order valence-electron chi connectivity index (χ1n) is 8.82. The number of nitrogens with zero attached hydrogens (tertiary/aromatic N) is 2. The third-order valence-corrected chi connectivity index (χ3v) is 4.95. The SMILES string of the molecule is COc1cccc(C(=O)Nc2nc3ccc(-c4cn[nH]c4)cc3s2)c1.O=C(O)C(F)(F)F. The average molecular weight is 464 g/mol. The fourth-order valence-electron chi connectivity index (χ4n) is 2.50. The number of aromatic nitrogens is 3. The van der Waals surface area contributed by atoms with Crippen LogP contribution in [0.25, 0.3) is 21.3 Å². The van der Waals surface area contributed by atoms with Crippen LogP contribution in [-0.2, 0) is 4.79 Å². The summed E-state index contributed by atoms with van der Waals surface area (Å²) in [6, 6.07) is 13.0. The largest absolute Gasteiger partial charge is 0.497 e. The summed E-state index contributed by atoms with van der Waals surface area (Å²) in [4.78, 5) is 25.8. The summed E-state index contributed by atoms with van der Waals surface area (Å²) in [5.74, 6) is -2.33. The van der Waals surface area contributed by atoms with Crippen LogP contribution >= 0.6 is 11.3 Å². The molecular weight excluding hydrogens is 449 g/mol. The number of alkyl halides is 3. The molecule has 3 N–H and O–H groups in total. The lowest BCUT2D eigenvalue weighted by Gasteiger charge is -2.03. The zero-order valence-corrected chi connectivity index (χ0v) is 17.1. The fourth-order valence-corrected chi connectivity index (χ4v) is 3.40. The molecule has 2 aromatic heterocycles. The molecule has 0 atom stereocenters. The highest BCUT2D eigenvalue weighted by molar-refractivity contribution is 7.22. The van der Waals surface area contributed by atoms with Crippen LogP contribution in [0.4, 0.5) is 18.3 Å². The number of carbonyl (C=O) groups excluding carboxylic acids is 1. The number of halogens is 3. The Bertz CT molecular complexity index is 1240. The van der Waals surface area contributed by atoms with Crippen molar-refractivity contribution in [2.75, 3.05) is 12.4 Å². The van der Waals surface area contributed by atoms with Crippen LogP contribution in [0.3, 0.4) is 0 Å². The molecule has 0 fully saturated rings. The number of fused-ring (bicyclic) bond motifs is 1. The molecule has 4 rings (SSSR count). The number of rotatable bonds is 4. The quantitative estimate of drug-likeness (QED) is 0.407. The second-order valence-corrected chi connectivity index (χ2v) is 7.21. The van der Waals surface area contributed by atoms with Crippen molar-refractivity contribution >= 4 is 38.6 Å². The predicted octanol–water partition coefficient (Wildman–Crippen LogP) is 4.58. The molecule has 166 valence electrons. The Balaban J connectivity index is 0.000000360. The van der Waals surface area contributed by atoms with Crippen molar-refractivity contribution in [3.63, 3.8) is 0 Å². The summed E-state index contributed by atoms with van der Waals surface area (Å²) in [5.41, 5.74) is 3.43. The number of hydrogen-bond donors (Lipinski definition) is 3. The van der Waals surface area contributed by atoms with Gasteiger partial charge >= 0.3 is 12.1 Å². The molecule has 12 heteroatoms. The van der Waals surface area contributed by atoms with Gasteiger partial charge in [0, 0.05) is 17.3 Å². The lowest BCUT2D eigenvalue weighted by atomic mass is 10.1. The fraction of sp³-hybridized carbons (Fsp3) is 0.100. The number of amides is 1. The maximum Gasteiger partial charge on any atom is 0.490 e. The van der Waals surface area contributed by atoms with Gasteiger partial charge in [0.25, 0.3) is 5.91 Å². The van der Waals surface area contributed by atoms with Crippen LogP contribution in [0.2, 0.25) is 0 Å². The van der Waals surface area contributed by atoms with Gasteiger partial charge < -0.3 is 9.84 Å². The summed E-state index contributed by atoms with van der Waals surface area (Å²) in [6.07, 6.45) is -1.47. The van der Waals surface area contributed by atoms with Crippen molar-refractivity contribution < 1.29 is 32.6 Å². The van der Waals surface area contributed by atoms with Gasteiger partial charge in [-0.05, 0) is 35.9 Å². The molecule has 1 amide bonds. The molecule has 0 spiro atoms. The molecule has 8 nitrogen and oxygen atoms in total. The maximum atomic E-state index is 12.4. The number of carboxylic acids is 1. The Hall–Kier alpha value is -3.93. The summed E-state index contributed by atoms with van der Waals surface area (Å²) < 4.78 is 37.9. The van der Waals surface area contributed by atoms with Crippen molar-refractivity contribution in [1.82, 2.24) is 15.2 Å². The number of aliphatic carboxylic acids is 1. The smallest absolute Gasteiger partial charge is 0.490 e. The number of carboxylic acid groups (broad SMARTS) is 1. The summed E-state index contributed by atoms with van der Waals surface area (Å²) >= 11 is 1.44. The van der Waals surface area contributed by atoms with Crippen LogP contribution in [-0.4, -0.2) is 45.5 Å². The molecule has 2 heterocycles. The third kappa shape index (κ3) is 5.60. The molecule has 0 radical (unpaired) electrons. The highest BCUT2D eigenvalue weighted by Gasteiger charge is 2.38. The maximum absolute atomic E-state index is 12.4. The number of ether oxygens (including phenoxy) is 1. The van der Waals surface area contributed by atoms with Crippen molar-refractivity contribution in [2.24, 2.45) is 0 Å². The second kappa shape index (κ2) is 9.47. The number of benzene rings is 2. The first-order valence-corrected chi connectivity index (χ1v) is 9.64. The van der Waals surface area contributed by atoms with Crippen molar-refractivity contribution in [3.8, 4) is 16.9 Å². The number of H-pyrrole nitrogens is 1. The van der Waals surface area contributed by atoms with E-state index in [-0.39, 0.29) is 5.91 Å². The monoisotopic (exact) mass is 464 g/mol. The molecule has 0 saturated carbocycles. The highest BCUT2D eigenvalue weighted by atomic mass is 32.1. The molecule has 32 heavy (non-hydrogen) atoms. The van der Waals surface area contributed by atoms with Gasteiger partial charge in [0.15, 0.2) is 5.13 Å². The van der Waals surface area contributed by atoms with Crippen LogP contribution < -0.4 is 10.1 Å². The van der Waals surface area contributed by atoms with Crippen molar-refractivity contribution in [3.05, 3.63) is 60.4 Å². The van der Waals surface area contributed by atoms with E-state index in [0.29, 0.717) is 16.4 Å². The first-order chi connectivity index (χ1) is 15.2. The predicted molar refractivity (Wildman–Crippen MR) is 112 cm³/mol. The van der Waals surface area contributed by atoms with E-state index in [0.717, 1.165) is 21.3 Å². The molecule has 0 bridgehead atoms. The normalized spacial score (nSPS) is 10.9. The number of methoxy groups -OCH3 is 1. The zero-order chi connectivity index (χ0) is 23.3. The third-order valence-electron chi connectivity index (χ3n) is 4.01. The topological polar surface area (TPSA) is 117 Å². The Kier molecular flexibility index (Phi) is 6.73. The Labute approximate surface area is 182 Å². The number of aromatic amines is 1. The van der Waals surface area contributed by atoms with E-state index < -0.39 is 12.1 Å². The molecular formula is C20H15F3N4O4S. The standard InChI is InChI=1S/C18H14N4O2S.C2HF3O2/c1-24-14-4-2-3-12(7-14)17(23)22-18-21-15-6-5-11(8-16(15)25-18)13-9-19-20-10-13;3-2(4,5)1(6)7/h2-10H,1H3,(H,19,20)(H,21,22,23);(H,6,7). The zero-order valence-electron chi connectivity index (χ0n) is 16.3. The van der Waals surface area contributed by atoms with Crippen molar-refractivity contribution in [1.29, 1.82) is 0 Å². The van der Waals surface area contributed by atoms with E-state index in [2.05, 4.69) is 20.5 Å². The molecule has 0 unspecified atom stereocenters. The molecule has 0 aliphatic heterocycles. The van der Waals surface area contributed by atoms with E-state index >= 15 is 0 Å². The molecule has 0 aliphatic rings. The lowest BCUT2D eigenvalue weighted by molar-refractivity contribution is -0.192. The number of anilines is 1. The van der Waals surface area contributed by atoms with Gasteiger partial charge in [0.05, 0.1) is 23.5 Å². The average Bonchev–Trinajstić information content (AvgIpc) is 3.42. The van der Waals surface area contributed by atoms with E-state index in [4.69, 9.17) is 14.6 Å². The summed E-state index contributed by atoms with van der Waals surface area (Å²) in [5, 5.41) is 17.3. The van der Waals surface area contributed by atoms with E-state index in [1.54, 1.807) is 37.6 Å². The minimum atomic E-state index is -5.08. The molecule has 0 saturated heterocycles. The van der Waals surface area contributed by atoms with Crippen LogP contribution in [0.15, 0.2) is 54.9 Å². The van der Waals surface area contributed by atoms with Crippen LogP contribution in [0.1, 0.15) is 10.4 Å². The van der Waals surface area contributed by atoms with Crippen LogP contribution in [0, 0.1) is 0 Å². The molecule has 0 aliphatic carbocycles. The summed E-state index contributed by atoms with van der Waals surface area (Å²) in [6.45, 7) is 0. The van der Waals surface area contributed by atoms with Gasteiger partial charge in [-0.15, -0.1) is 0 Å². The lowest BCUT2D eigenvalue weighted by Crippen LogP contribution is -2.21. The van der Waals surface area contributed by atoms with Gasteiger partial charge in [-0.2, -0.15) is 18.3 Å². The Morgan fingerprint density at radius 1 is 1.16 bits per heavy atom. The number of hydrogen-bond acceptors (Lipinski definition) is 6.